The van der Waals surface area contributed by atoms with Crippen LogP contribution in [0, 0.1) is 5.95 Å². The van der Waals surface area contributed by atoms with E-state index in [2.05, 4.69) is 4.98 Å². The summed E-state index contributed by atoms with van der Waals surface area (Å²) in [6.45, 7) is -2.54. The van der Waals surface area contributed by atoms with Gasteiger partial charge in [-0.3, -0.25) is 9.59 Å². The number of hydrogen-bond donors (Lipinski definition) is 0. The van der Waals surface area contributed by atoms with Crippen LogP contribution in [0.3, 0.4) is 0 Å². The van der Waals surface area contributed by atoms with Crippen molar-refractivity contribution in [3.8, 4) is 0 Å². The van der Waals surface area contributed by atoms with Crippen molar-refractivity contribution in [3.05, 3.63) is 24.3 Å². The third-order valence-electron chi connectivity index (χ3n) is 3.56. The topological polar surface area (TPSA) is 65.5 Å². The van der Waals surface area contributed by atoms with Gasteiger partial charge in [-0.1, -0.05) is 6.07 Å². The molecule has 1 aromatic rings. The molecule has 0 unspecified atom stereocenters. The van der Waals surface area contributed by atoms with Crippen LogP contribution in [0.1, 0.15) is 0 Å². The van der Waals surface area contributed by atoms with Crippen molar-refractivity contribution < 1.29 is 27.7 Å². The third kappa shape index (κ3) is 1.23. The van der Waals surface area contributed by atoms with Gasteiger partial charge < -0.3 is 13.7 Å². The summed E-state index contributed by atoms with van der Waals surface area (Å²) in [7, 11) is 1.64. The maximum absolute atomic E-state index is 13.8. The van der Waals surface area contributed by atoms with E-state index in [9.17, 15) is 14.0 Å². The molecule has 0 spiro atoms. The molecule has 18 heavy (non-hydrogen) atoms. The van der Waals surface area contributed by atoms with Gasteiger partial charge in [-0.15, -0.1) is 0 Å². The van der Waals surface area contributed by atoms with E-state index >= 15 is 0 Å². The fourth-order valence-corrected chi connectivity index (χ4v) is 2.73. The molecule has 3 rings (SSSR count). The van der Waals surface area contributed by atoms with Crippen LogP contribution in [0.2, 0.25) is 0 Å². The zero-order valence-corrected chi connectivity index (χ0v) is 9.63. The molecule has 2 aliphatic rings. The number of carbonyl (C=O) groups excluding carboxylic acids is 2. The summed E-state index contributed by atoms with van der Waals surface area (Å²) >= 11 is 0. The highest BCUT2D eigenvalue weighted by atomic mass is 19.1. The van der Waals surface area contributed by atoms with Crippen LogP contribution in [0.5, 0.6) is 0 Å². The molecule has 2 aliphatic heterocycles. The summed E-state index contributed by atoms with van der Waals surface area (Å²) in [5.41, 5.74) is 0.0247. The molecular formula is C10H10BFN2O4. The predicted octanol–water partition coefficient (Wildman–Crippen LogP) is -1.07. The minimum atomic E-state index is -2.51. The quantitative estimate of drug-likeness (QED) is 0.470. The Balaban J connectivity index is 2.20. The molecule has 0 amide bonds. The molecule has 3 heterocycles. The molecule has 0 saturated carbocycles. The minimum Gasteiger partial charge on any atom is -0.596 e. The van der Waals surface area contributed by atoms with Crippen LogP contribution >= 0.6 is 0 Å². The van der Waals surface area contributed by atoms with Gasteiger partial charge in [-0.05, 0) is 6.07 Å². The standard InChI is InChI=1S/C10H10BFN2O4/c1-14-5-8(15)17-11(14,18-9(16)6-14)7-3-2-4-13-10(7)12/h2-4H,5-6H2,1H3. The van der Waals surface area contributed by atoms with E-state index in [-0.39, 0.29) is 22.9 Å². The SMILES string of the molecule is C[N+]12CC(=O)O[B-]1(c1cccnc1F)OC(=O)C2. The van der Waals surface area contributed by atoms with Crippen molar-refractivity contribution in [1.82, 2.24) is 4.98 Å². The van der Waals surface area contributed by atoms with Crippen molar-refractivity contribution in [1.29, 1.82) is 0 Å². The molecule has 1 aromatic heterocycles. The summed E-state index contributed by atoms with van der Waals surface area (Å²) in [5.74, 6) is -1.80. The van der Waals surface area contributed by atoms with Crippen LogP contribution in [0.25, 0.3) is 0 Å². The lowest BCUT2D eigenvalue weighted by Crippen LogP contribution is -2.68. The first-order valence-corrected chi connectivity index (χ1v) is 5.50. The Morgan fingerprint density at radius 1 is 1.33 bits per heavy atom. The Morgan fingerprint density at radius 3 is 2.50 bits per heavy atom. The lowest BCUT2D eigenvalue weighted by atomic mass is 9.61. The monoisotopic (exact) mass is 252 g/mol. The van der Waals surface area contributed by atoms with Gasteiger partial charge in [0.1, 0.15) is 13.1 Å². The Morgan fingerprint density at radius 2 is 1.94 bits per heavy atom. The fraction of sp³-hybridized carbons (Fsp3) is 0.300. The molecule has 2 saturated heterocycles. The van der Waals surface area contributed by atoms with Gasteiger partial charge in [-0.25, -0.2) is 4.98 Å². The highest BCUT2D eigenvalue weighted by Crippen LogP contribution is 2.33. The molecule has 0 aromatic carbocycles. The number of aromatic nitrogens is 1. The fourth-order valence-electron chi connectivity index (χ4n) is 2.73. The van der Waals surface area contributed by atoms with Gasteiger partial charge in [0.15, 0.2) is 5.95 Å². The lowest BCUT2D eigenvalue weighted by Gasteiger charge is -2.39. The van der Waals surface area contributed by atoms with Crippen LogP contribution in [0.4, 0.5) is 4.39 Å². The van der Waals surface area contributed by atoms with E-state index in [0.29, 0.717) is 0 Å². The minimum absolute atomic E-state index is 0.0138. The zero-order valence-electron chi connectivity index (χ0n) is 9.63. The molecule has 0 radical (unpaired) electrons. The van der Waals surface area contributed by atoms with Crippen molar-refractivity contribution in [2.45, 2.75) is 0 Å². The highest BCUT2D eigenvalue weighted by Gasteiger charge is 2.67. The Labute approximate surface area is 102 Å². The normalized spacial score (nSPS) is 34.1. The average molecular weight is 252 g/mol. The molecule has 0 N–H and O–H groups in total. The molecule has 94 valence electrons. The summed E-state index contributed by atoms with van der Waals surface area (Å²) in [6, 6.07) is 2.94. The van der Waals surface area contributed by atoms with Gasteiger partial charge in [-0.2, -0.15) is 4.39 Å². The summed E-state index contributed by atoms with van der Waals surface area (Å²) in [5, 5.41) is 0. The number of carbonyl (C=O) groups is 2. The van der Waals surface area contributed by atoms with Crippen molar-refractivity contribution in [2.75, 3.05) is 20.1 Å². The van der Waals surface area contributed by atoms with Crippen LogP contribution in [0.15, 0.2) is 18.3 Å². The molecule has 0 atom stereocenters. The number of pyridine rings is 1. The number of quaternary nitrogens is 1. The smallest absolute Gasteiger partial charge is 0.596 e. The third-order valence-corrected chi connectivity index (χ3v) is 3.56. The van der Waals surface area contributed by atoms with Gasteiger partial charge in [0.05, 0.1) is 0 Å². The first-order chi connectivity index (χ1) is 8.47. The zero-order chi connectivity index (χ0) is 13.0. The second kappa shape index (κ2) is 3.29. The number of fused-ring (bicyclic) bond motifs is 1. The highest BCUT2D eigenvalue weighted by molar-refractivity contribution is 6.79. The van der Waals surface area contributed by atoms with Crippen LogP contribution in [-0.2, 0) is 18.9 Å². The second-order valence-corrected chi connectivity index (χ2v) is 4.83. The summed E-state index contributed by atoms with van der Waals surface area (Å²) in [6.07, 6.45) is 1.28. The van der Waals surface area contributed by atoms with Gasteiger partial charge in [0.2, 0.25) is 0 Å². The maximum Gasteiger partial charge on any atom is 0.619 e. The van der Waals surface area contributed by atoms with Crippen molar-refractivity contribution >= 4 is 24.1 Å². The van der Waals surface area contributed by atoms with Gasteiger partial charge in [0.25, 0.3) is 0 Å². The Hall–Kier alpha value is -1.96. The van der Waals surface area contributed by atoms with E-state index in [0.717, 1.165) is 0 Å². The van der Waals surface area contributed by atoms with E-state index in [1.165, 1.54) is 18.3 Å². The molecule has 0 aliphatic carbocycles. The van der Waals surface area contributed by atoms with E-state index in [4.69, 9.17) is 9.31 Å². The van der Waals surface area contributed by atoms with Crippen LogP contribution in [-0.4, -0.2) is 48.1 Å². The summed E-state index contributed by atoms with van der Waals surface area (Å²) in [4.78, 5) is 26.5. The average Bonchev–Trinajstić information content (AvgIpc) is 2.63. The Bertz CT molecular complexity index is 545. The number of hydrogen-bond acceptors (Lipinski definition) is 5. The molecule has 2 fully saturated rings. The molecule has 6 nitrogen and oxygen atoms in total. The van der Waals surface area contributed by atoms with Crippen molar-refractivity contribution in [2.24, 2.45) is 0 Å². The summed E-state index contributed by atoms with van der Waals surface area (Å²) < 4.78 is 24.1. The first-order valence-electron chi connectivity index (χ1n) is 5.50. The van der Waals surface area contributed by atoms with Crippen molar-refractivity contribution in [3.63, 3.8) is 0 Å². The molecule has 0 bridgehead atoms. The number of rotatable bonds is 1. The van der Waals surface area contributed by atoms with Crippen LogP contribution < -0.4 is 5.46 Å². The maximum atomic E-state index is 13.8. The molecule has 8 heteroatoms. The lowest BCUT2D eigenvalue weighted by molar-refractivity contribution is -0.791. The van der Waals surface area contributed by atoms with E-state index < -0.39 is 24.6 Å². The number of nitrogens with zero attached hydrogens (tertiary/aromatic N) is 2. The first kappa shape index (κ1) is 11.2. The second-order valence-electron chi connectivity index (χ2n) is 4.83. The van der Waals surface area contributed by atoms with Gasteiger partial charge in [0, 0.05) is 18.7 Å². The van der Waals surface area contributed by atoms with E-state index in [1.54, 1.807) is 7.05 Å². The Kier molecular flexibility index (Phi) is 2.04. The van der Waals surface area contributed by atoms with E-state index in [1.807, 2.05) is 0 Å². The number of likely N-dealkylation sites (N-methyl/N-ethyl adjacent to an activating group) is 1. The predicted molar refractivity (Wildman–Crippen MR) is 57.7 cm³/mol. The number of halogens is 1. The van der Waals surface area contributed by atoms with Gasteiger partial charge >= 0.3 is 18.6 Å². The largest absolute Gasteiger partial charge is 0.619 e. The molecular weight excluding hydrogens is 242 g/mol.